The monoisotopic (exact) mass is 592 g/mol. The minimum Gasteiger partial charge on any atom is -0.478 e. The number of benzene rings is 2. The molecule has 0 saturated carbocycles. The van der Waals surface area contributed by atoms with Crippen LogP contribution in [0.3, 0.4) is 0 Å². The van der Waals surface area contributed by atoms with Crippen molar-refractivity contribution in [3.8, 4) is 17.7 Å². The van der Waals surface area contributed by atoms with E-state index in [1.165, 1.54) is 5.56 Å². The first kappa shape index (κ1) is 30.7. The predicted octanol–water partition coefficient (Wildman–Crippen LogP) is 4.89. The summed E-state index contributed by atoms with van der Waals surface area (Å²) in [6.07, 6.45) is 5.18. The van der Waals surface area contributed by atoms with Crippen molar-refractivity contribution in [2.24, 2.45) is 0 Å². The Kier molecular flexibility index (Phi) is 9.28. The van der Waals surface area contributed by atoms with Crippen LogP contribution in [0.25, 0.3) is 0 Å². The molecule has 0 bridgehead atoms. The molecule has 1 fully saturated rings. The van der Waals surface area contributed by atoms with Crippen molar-refractivity contribution in [1.29, 1.82) is 0 Å². The number of aryl methyl sites for hydroxylation is 1. The zero-order valence-corrected chi connectivity index (χ0v) is 26.3. The molecule has 0 radical (unpaired) electrons. The summed E-state index contributed by atoms with van der Waals surface area (Å²) in [6.45, 7) is 13.4. The van der Waals surface area contributed by atoms with Gasteiger partial charge in [0.2, 0.25) is 5.95 Å². The number of piperazine rings is 1. The number of carbonyl (C=O) groups excluding carboxylic acids is 1. The number of nitrogens with one attached hydrogen (secondary N) is 2. The van der Waals surface area contributed by atoms with Gasteiger partial charge in [-0.3, -0.25) is 14.4 Å². The largest absolute Gasteiger partial charge is 0.478 e. The van der Waals surface area contributed by atoms with Crippen LogP contribution >= 0.6 is 0 Å². The summed E-state index contributed by atoms with van der Waals surface area (Å²) in [6, 6.07) is 13.6. The van der Waals surface area contributed by atoms with Crippen LogP contribution in [0, 0.1) is 18.8 Å². The van der Waals surface area contributed by atoms with Gasteiger partial charge in [0.25, 0.3) is 11.8 Å². The zero-order chi connectivity index (χ0) is 31.3. The summed E-state index contributed by atoms with van der Waals surface area (Å²) >= 11 is 0. The van der Waals surface area contributed by atoms with E-state index in [0.717, 1.165) is 49.5 Å². The number of methoxy groups -OCH3 is 1. The maximum absolute atomic E-state index is 13.1. The number of ether oxygens (including phenoxy) is 1. The van der Waals surface area contributed by atoms with Gasteiger partial charge in [-0.15, -0.1) is 5.10 Å². The SMILES string of the molecule is COc1nn(C(C)(C)C)cc1Nc1ncc(C#Cc2cc(C(=O)Nc3ccc(CN4CCN(C)CC4)cc3)ccc2C)cn1. The van der Waals surface area contributed by atoms with E-state index < -0.39 is 0 Å². The van der Waals surface area contributed by atoms with Gasteiger partial charge in [0.05, 0.1) is 24.4 Å². The average Bonchev–Trinajstić information content (AvgIpc) is 3.43. The zero-order valence-electron chi connectivity index (χ0n) is 26.3. The lowest BCUT2D eigenvalue weighted by atomic mass is 10.0. The molecule has 3 heterocycles. The second kappa shape index (κ2) is 13.3. The number of nitrogens with zero attached hydrogens (tertiary/aromatic N) is 6. The maximum atomic E-state index is 13.1. The van der Waals surface area contributed by atoms with Gasteiger partial charge in [-0.1, -0.05) is 30.0 Å². The third kappa shape index (κ3) is 7.81. The number of carbonyl (C=O) groups is 1. The second-order valence-corrected chi connectivity index (χ2v) is 12.1. The molecule has 1 aliphatic rings. The average molecular weight is 593 g/mol. The van der Waals surface area contributed by atoms with Crippen LogP contribution in [0.15, 0.2) is 61.1 Å². The van der Waals surface area contributed by atoms with Crippen molar-refractivity contribution in [1.82, 2.24) is 29.5 Å². The minimum atomic E-state index is -0.195. The van der Waals surface area contributed by atoms with Crippen LogP contribution in [0.4, 0.5) is 17.3 Å². The van der Waals surface area contributed by atoms with E-state index in [-0.39, 0.29) is 11.4 Å². The van der Waals surface area contributed by atoms with Crippen molar-refractivity contribution < 1.29 is 9.53 Å². The molecule has 5 rings (SSSR count). The molecule has 1 amide bonds. The number of rotatable bonds is 7. The van der Waals surface area contributed by atoms with Crippen molar-refractivity contribution in [2.75, 3.05) is 51.0 Å². The van der Waals surface area contributed by atoms with Crippen LogP contribution in [0.5, 0.6) is 5.88 Å². The number of amides is 1. The van der Waals surface area contributed by atoms with E-state index in [1.54, 1.807) is 19.5 Å². The molecule has 2 aromatic carbocycles. The highest BCUT2D eigenvalue weighted by atomic mass is 16.5. The number of aromatic nitrogens is 4. The highest BCUT2D eigenvalue weighted by molar-refractivity contribution is 6.04. The standard InChI is InChI=1S/C34H40N8O2/c1-24-7-11-28(31(43)37-29-13-9-25(10-14-29)22-41-17-15-40(5)16-18-41)19-27(24)12-8-26-20-35-33(36-21-26)38-30-23-42(34(2,3)4)39-32(30)44-6/h7,9-11,13-14,19-21,23H,15-18,22H2,1-6H3,(H,37,43)(H,35,36,38). The minimum absolute atomic E-state index is 0.177. The van der Waals surface area contributed by atoms with E-state index in [1.807, 2.05) is 48.1 Å². The Morgan fingerprint density at radius 1 is 1.00 bits per heavy atom. The molecule has 0 aliphatic carbocycles. The van der Waals surface area contributed by atoms with E-state index in [2.05, 4.69) is 87.3 Å². The number of hydrogen-bond donors (Lipinski definition) is 2. The highest BCUT2D eigenvalue weighted by Crippen LogP contribution is 2.28. The molecule has 2 aromatic heterocycles. The second-order valence-electron chi connectivity index (χ2n) is 12.1. The summed E-state index contributed by atoms with van der Waals surface area (Å²) in [7, 11) is 3.74. The maximum Gasteiger partial charge on any atom is 0.256 e. The molecule has 4 aromatic rings. The molecule has 0 spiro atoms. The van der Waals surface area contributed by atoms with Crippen molar-refractivity contribution in [3.05, 3.63) is 88.9 Å². The predicted molar refractivity (Wildman–Crippen MR) is 173 cm³/mol. The molecule has 10 nitrogen and oxygen atoms in total. The van der Waals surface area contributed by atoms with Crippen LogP contribution < -0.4 is 15.4 Å². The number of hydrogen-bond acceptors (Lipinski definition) is 8. The highest BCUT2D eigenvalue weighted by Gasteiger charge is 2.19. The van der Waals surface area contributed by atoms with E-state index in [9.17, 15) is 4.79 Å². The van der Waals surface area contributed by atoms with Crippen LogP contribution in [-0.2, 0) is 12.1 Å². The molecule has 0 atom stereocenters. The molecule has 2 N–H and O–H groups in total. The third-order valence-corrected chi connectivity index (χ3v) is 7.51. The summed E-state index contributed by atoms with van der Waals surface area (Å²) in [5, 5.41) is 10.6. The van der Waals surface area contributed by atoms with Crippen LogP contribution in [0.1, 0.15) is 53.4 Å². The molecule has 10 heteroatoms. The third-order valence-electron chi connectivity index (χ3n) is 7.51. The number of anilines is 3. The Hall–Kier alpha value is -4.72. The van der Waals surface area contributed by atoms with E-state index >= 15 is 0 Å². The van der Waals surface area contributed by atoms with Gasteiger partial charge >= 0.3 is 0 Å². The van der Waals surface area contributed by atoms with Gasteiger partial charge in [0.15, 0.2) is 0 Å². The fraction of sp³-hybridized carbons (Fsp3) is 0.353. The van der Waals surface area contributed by atoms with Crippen molar-refractivity contribution in [2.45, 2.75) is 39.8 Å². The van der Waals surface area contributed by atoms with Gasteiger partial charge in [-0.25, -0.2) is 9.97 Å². The van der Waals surface area contributed by atoms with Crippen molar-refractivity contribution in [3.63, 3.8) is 0 Å². The Morgan fingerprint density at radius 2 is 1.70 bits per heavy atom. The molecular formula is C34H40N8O2. The molecule has 228 valence electrons. The van der Waals surface area contributed by atoms with Crippen molar-refractivity contribution >= 4 is 23.2 Å². The number of likely N-dealkylation sites (N-methyl/N-ethyl adjacent to an activating group) is 1. The summed E-state index contributed by atoms with van der Waals surface area (Å²) in [5.74, 6) is 6.98. The lowest BCUT2D eigenvalue weighted by molar-refractivity contribution is 0.102. The molecular weight excluding hydrogens is 552 g/mol. The summed E-state index contributed by atoms with van der Waals surface area (Å²) in [4.78, 5) is 26.7. The fourth-order valence-corrected chi connectivity index (χ4v) is 4.71. The molecule has 44 heavy (non-hydrogen) atoms. The van der Waals surface area contributed by atoms with Gasteiger partial charge < -0.3 is 20.3 Å². The summed E-state index contributed by atoms with van der Waals surface area (Å²) in [5.41, 5.74) is 5.42. The quantitative estimate of drug-likeness (QED) is 0.293. The van der Waals surface area contributed by atoms with Gasteiger partial charge in [-0.2, -0.15) is 0 Å². The van der Waals surface area contributed by atoms with Crippen LogP contribution in [-0.4, -0.2) is 75.8 Å². The van der Waals surface area contributed by atoms with E-state index in [0.29, 0.717) is 28.6 Å². The first-order valence-electron chi connectivity index (χ1n) is 14.7. The van der Waals surface area contributed by atoms with Crippen LogP contribution in [0.2, 0.25) is 0 Å². The lowest BCUT2D eigenvalue weighted by Gasteiger charge is -2.32. The van der Waals surface area contributed by atoms with E-state index in [4.69, 9.17) is 4.74 Å². The Labute approximate surface area is 259 Å². The molecule has 1 aliphatic heterocycles. The summed E-state index contributed by atoms with van der Waals surface area (Å²) < 4.78 is 7.23. The topological polar surface area (TPSA) is 100 Å². The Balaban J connectivity index is 1.21. The van der Waals surface area contributed by atoms with Gasteiger partial charge in [-0.05, 0) is 70.1 Å². The molecule has 0 unspecified atom stereocenters. The lowest BCUT2D eigenvalue weighted by Crippen LogP contribution is -2.43. The smallest absolute Gasteiger partial charge is 0.256 e. The first-order chi connectivity index (χ1) is 21.1. The van der Waals surface area contributed by atoms with Gasteiger partial charge in [0.1, 0.15) is 5.69 Å². The Bertz CT molecular complexity index is 1650. The normalized spacial score (nSPS) is 14.0. The molecule has 1 saturated heterocycles. The Morgan fingerprint density at radius 3 is 2.36 bits per heavy atom. The first-order valence-corrected chi connectivity index (χ1v) is 14.7. The van der Waals surface area contributed by atoms with Gasteiger partial charge in [0, 0.05) is 61.9 Å². The fourth-order valence-electron chi connectivity index (χ4n) is 4.71.